The van der Waals surface area contributed by atoms with Gasteiger partial charge < -0.3 is 5.32 Å². The van der Waals surface area contributed by atoms with E-state index in [1.165, 1.54) is 6.08 Å². The topological polar surface area (TPSA) is 29.1 Å². The number of nitrogens with one attached hydrogen (secondary N) is 1. The van der Waals surface area contributed by atoms with E-state index in [-0.39, 0.29) is 11.5 Å². The average Bonchev–Trinajstić information content (AvgIpc) is 2.79. The molecule has 112 valence electrons. The molecule has 0 bridgehead atoms. The maximum Gasteiger partial charge on any atom is 0.256 e. The van der Waals surface area contributed by atoms with E-state index in [2.05, 4.69) is 5.32 Å². The molecule has 1 aliphatic heterocycles. The van der Waals surface area contributed by atoms with Gasteiger partial charge in [-0.05, 0) is 48.4 Å². The maximum absolute atomic E-state index is 13.8. The second-order valence-corrected chi connectivity index (χ2v) is 5.37. The minimum atomic E-state index is -0.577. The quantitative estimate of drug-likeness (QED) is 0.665. The fourth-order valence-electron chi connectivity index (χ4n) is 2.42. The summed E-state index contributed by atoms with van der Waals surface area (Å²) in [7, 11) is 0. The minimum absolute atomic E-state index is 0.0424. The number of amides is 1. The van der Waals surface area contributed by atoms with E-state index in [0.29, 0.717) is 29.1 Å². The summed E-state index contributed by atoms with van der Waals surface area (Å²) in [5.74, 6) is -0.992. The number of aryl methyl sites for hydroxylation is 1. The van der Waals surface area contributed by atoms with Gasteiger partial charge in [-0.2, -0.15) is 0 Å². The molecule has 5 heteroatoms. The van der Waals surface area contributed by atoms with Crippen LogP contribution in [0.25, 0.3) is 11.6 Å². The second-order valence-electron chi connectivity index (χ2n) is 5.00. The SMILES string of the molecule is O=C1Nc2ccc(CCCl)cc2C1=Cc1cc(F)ccc1F. The van der Waals surface area contributed by atoms with Gasteiger partial charge in [0, 0.05) is 28.3 Å². The second kappa shape index (κ2) is 5.89. The lowest BCUT2D eigenvalue weighted by Gasteiger charge is -2.03. The van der Waals surface area contributed by atoms with E-state index in [9.17, 15) is 13.6 Å². The van der Waals surface area contributed by atoms with Gasteiger partial charge in [-0.15, -0.1) is 11.6 Å². The van der Waals surface area contributed by atoms with E-state index in [0.717, 1.165) is 23.8 Å². The van der Waals surface area contributed by atoms with Crippen molar-refractivity contribution in [3.63, 3.8) is 0 Å². The van der Waals surface area contributed by atoms with Crippen molar-refractivity contribution in [2.24, 2.45) is 0 Å². The summed E-state index contributed by atoms with van der Waals surface area (Å²) in [4.78, 5) is 12.1. The van der Waals surface area contributed by atoms with Gasteiger partial charge in [-0.3, -0.25) is 4.79 Å². The van der Waals surface area contributed by atoms with Crippen molar-refractivity contribution in [2.75, 3.05) is 11.2 Å². The molecule has 0 aromatic heterocycles. The van der Waals surface area contributed by atoms with Crippen LogP contribution in [0.5, 0.6) is 0 Å². The highest BCUT2D eigenvalue weighted by Gasteiger charge is 2.24. The monoisotopic (exact) mass is 319 g/mol. The molecular weight excluding hydrogens is 308 g/mol. The fraction of sp³-hybridized carbons (Fsp3) is 0.118. The minimum Gasteiger partial charge on any atom is -0.321 e. The van der Waals surface area contributed by atoms with Crippen LogP contribution in [0.2, 0.25) is 0 Å². The number of fused-ring (bicyclic) bond motifs is 1. The summed E-state index contributed by atoms with van der Waals surface area (Å²) in [5.41, 5.74) is 2.68. The van der Waals surface area contributed by atoms with Crippen molar-refractivity contribution >= 4 is 34.8 Å². The molecule has 0 fully saturated rings. The molecule has 1 amide bonds. The smallest absolute Gasteiger partial charge is 0.256 e. The summed E-state index contributed by atoms with van der Waals surface area (Å²) < 4.78 is 27.0. The summed E-state index contributed by atoms with van der Waals surface area (Å²) >= 11 is 5.73. The fourth-order valence-corrected chi connectivity index (χ4v) is 2.64. The molecule has 0 atom stereocenters. The first-order valence-corrected chi connectivity index (χ1v) is 7.29. The Kier molecular flexibility index (Phi) is 3.94. The molecule has 3 rings (SSSR count). The Bertz CT molecular complexity index is 786. The molecule has 0 radical (unpaired) electrons. The number of alkyl halides is 1. The molecule has 0 saturated carbocycles. The normalized spacial score (nSPS) is 15.0. The number of anilines is 1. The highest BCUT2D eigenvalue weighted by atomic mass is 35.5. The van der Waals surface area contributed by atoms with Gasteiger partial charge >= 0.3 is 0 Å². The Hall–Kier alpha value is -2.20. The first kappa shape index (κ1) is 14.7. The van der Waals surface area contributed by atoms with Crippen LogP contribution in [0.4, 0.5) is 14.5 Å². The molecule has 2 aromatic carbocycles. The van der Waals surface area contributed by atoms with Crippen molar-refractivity contribution in [2.45, 2.75) is 6.42 Å². The predicted octanol–water partition coefficient (Wildman–Crippen LogP) is 4.24. The molecule has 0 aliphatic carbocycles. The van der Waals surface area contributed by atoms with Crippen LogP contribution < -0.4 is 5.32 Å². The largest absolute Gasteiger partial charge is 0.321 e. The number of rotatable bonds is 3. The van der Waals surface area contributed by atoms with Crippen LogP contribution in [-0.4, -0.2) is 11.8 Å². The lowest BCUT2D eigenvalue weighted by molar-refractivity contribution is -0.110. The highest BCUT2D eigenvalue weighted by Crippen LogP contribution is 2.34. The molecule has 0 saturated heterocycles. The van der Waals surface area contributed by atoms with Crippen LogP contribution >= 0.6 is 11.6 Å². The number of halogens is 3. The van der Waals surface area contributed by atoms with Crippen molar-refractivity contribution in [3.8, 4) is 0 Å². The first-order chi connectivity index (χ1) is 10.6. The van der Waals surface area contributed by atoms with Gasteiger partial charge in [0.1, 0.15) is 11.6 Å². The predicted molar refractivity (Wildman–Crippen MR) is 83.7 cm³/mol. The lowest BCUT2D eigenvalue weighted by atomic mass is 10.0. The third-order valence-corrected chi connectivity index (χ3v) is 3.70. The summed E-state index contributed by atoms with van der Waals surface area (Å²) in [6.45, 7) is 0. The Balaban J connectivity index is 2.09. The van der Waals surface area contributed by atoms with E-state index in [1.54, 1.807) is 6.07 Å². The summed E-state index contributed by atoms with van der Waals surface area (Å²) in [6.07, 6.45) is 2.04. The van der Waals surface area contributed by atoms with Crippen molar-refractivity contribution in [1.82, 2.24) is 0 Å². The molecule has 2 nitrogen and oxygen atoms in total. The van der Waals surface area contributed by atoms with Crippen LogP contribution in [0.3, 0.4) is 0 Å². The Morgan fingerprint density at radius 3 is 2.73 bits per heavy atom. The van der Waals surface area contributed by atoms with Crippen LogP contribution in [0.15, 0.2) is 36.4 Å². The number of hydrogen-bond donors (Lipinski definition) is 1. The molecule has 1 heterocycles. The van der Waals surface area contributed by atoms with Crippen molar-refractivity contribution in [1.29, 1.82) is 0 Å². The van der Waals surface area contributed by atoms with E-state index in [1.807, 2.05) is 12.1 Å². The number of carbonyl (C=O) groups excluding carboxylic acids is 1. The third kappa shape index (κ3) is 2.74. The molecule has 0 unspecified atom stereocenters. The van der Waals surface area contributed by atoms with Crippen molar-refractivity contribution < 1.29 is 13.6 Å². The Labute approximate surface area is 131 Å². The van der Waals surface area contributed by atoms with E-state index < -0.39 is 11.6 Å². The van der Waals surface area contributed by atoms with Gasteiger partial charge in [0.05, 0.1) is 0 Å². The van der Waals surface area contributed by atoms with Gasteiger partial charge in [0.25, 0.3) is 5.91 Å². The van der Waals surface area contributed by atoms with Gasteiger partial charge in [-0.25, -0.2) is 8.78 Å². The molecule has 1 aliphatic rings. The van der Waals surface area contributed by atoms with Crippen LogP contribution in [0.1, 0.15) is 16.7 Å². The van der Waals surface area contributed by atoms with Crippen molar-refractivity contribution in [3.05, 3.63) is 64.7 Å². The zero-order chi connectivity index (χ0) is 15.7. The van der Waals surface area contributed by atoms with Gasteiger partial charge in [0.15, 0.2) is 0 Å². The van der Waals surface area contributed by atoms with E-state index >= 15 is 0 Å². The maximum atomic E-state index is 13.8. The Morgan fingerprint density at radius 2 is 1.95 bits per heavy atom. The Morgan fingerprint density at radius 1 is 1.14 bits per heavy atom. The highest BCUT2D eigenvalue weighted by molar-refractivity contribution is 6.35. The number of carbonyl (C=O) groups is 1. The van der Waals surface area contributed by atoms with Crippen LogP contribution in [-0.2, 0) is 11.2 Å². The molecular formula is C17H12ClF2NO. The average molecular weight is 320 g/mol. The third-order valence-electron chi connectivity index (χ3n) is 3.51. The molecule has 1 N–H and O–H groups in total. The van der Waals surface area contributed by atoms with Crippen LogP contribution in [0, 0.1) is 11.6 Å². The summed E-state index contributed by atoms with van der Waals surface area (Å²) in [6, 6.07) is 8.66. The number of hydrogen-bond acceptors (Lipinski definition) is 1. The van der Waals surface area contributed by atoms with Gasteiger partial charge in [0.2, 0.25) is 0 Å². The first-order valence-electron chi connectivity index (χ1n) is 6.76. The standard InChI is InChI=1S/C17H12ClF2NO/c18-6-5-10-1-4-16-13(7-10)14(17(22)21-16)9-11-8-12(19)2-3-15(11)20/h1-4,7-9H,5-6H2,(H,21,22). The number of benzene rings is 2. The van der Waals surface area contributed by atoms with Gasteiger partial charge in [-0.1, -0.05) is 6.07 Å². The van der Waals surface area contributed by atoms with E-state index in [4.69, 9.17) is 11.6 Å². The molecule has 0 spiro atoms. The molecule has 2 aromatic rings. The molecule has 22 heavy (non-hydrogen) atoms. The zero-order valence-corrected chi connectivity index (χ0v) is 12.3. The summed E-state index contributed by atoms with van der Waals surface area (Å²) in [5, 5.41) is 2.71. The zero-order valence-electron chi connectivity index (χ0n) is 11.5. The lowest BCUT2D eigenvalue weighted by Crippen LogP contribution is -2.03.